The first kappa shape index (κ1) is 23.1. The Morgan fingerprint density at radius 3 is 2.52 bits per heavy atom. The summed E-state index contributed by atoms with van der Waals surface area (Å²) in [4.78, 5) is 39.2. The summed E-state index contributed by atoms with van der Waals surface area (Å²) in [7, 11) is 0. The van der Waals surface area contributed by atoms with Gasteiger partial charge in [-0.25, -0.2) is 0 Å². The minimum absolute atomic E-state index is 0.0807. The molecule has 2 amide bonds. The van der Waals surface area contributed by atoms with Crippen LogP contribution in [0.1, 0.15) is 16.7 Å². The second-order valence-corrected chi connectivity index (χ2v) is 9.78. The molecule has 1 fully saturated rings. The van der Waals surface area contributed by atoms with Crippen molar-refractivity contribution in [1.82, 2.24) is 4.90 Å². The number of nitro benzene ring substituents is 1. The molecule has 1 aliphatic rings. The zero-order chi connectivity index (χ0) is 23.5. The van der Waals surface area contributed by atoms with E-state index in [-0.39, 0.29) is 22.4 Å². The Bertz CT molecular complexity index is 1290. The number of hydrogen-bond donors (Lipinski definition) is 0. The van der Waals surface area contributed by atoms with E-state index in [0.29, 0.717) is 15.5 Å². The molecule has 0 unspecified atom stereocenters. The van der Waals surface area contributed by atoms with Crippen LogP contribution in [0.25, 0.3) is 6.08 Å². The highest BCUT2D eigenvalue weighted by atomic mass is 35.5. The largest absolute Gasteiger partial charge is 0.293 e. The van der Waals surface area contributed by atoms with Gasteiger partial charge in [-0.1, -0.05) is 53.7 Å². The maximum Gasteiger partial charge on any atom is 0.293 e. The van der Waals surface area contributed by atoms with E-state index in [1.165, 1.54) is 28.8 Å². The van der Waals surface area contributed by atoms with E-state index >= 15 is 0 Å². The molecule has 0 radical (unpaired) electrons. The highest BCUT2D eigenvalue weighted by molar-refractivity contribution is 8.18. The third kappa shape index (κ3) is 5.30. The average Bonchev–Trinajstić information content (AvgIpc) is 3.05. The Morgan fingerprint density at radius 2 is 1.82 bits per heavy atom. The number of amides is 2. The van der Waals surface area contributed by atoms with Gasteiger partial charge in [-0.3, -0.25) is 24.6 Å². The number of nitrogens with zero attached hydrogens (tertiary/aromatic N) is 2. The van der Waals surface area contributed by atoms with Gasteiger partial charge >= 0.3 is 0 Å². The van der Waals surface area contributed by atoms with Crippen molar-refractivity contribution in [3.8, 4) is 0 Å². The highest BCUT2D eigenvalue weighted by Gasteiger charge is 2.35. The van der Waals surface area contributed by atoms with Crippen LogP contribution in [0.4, 0.5) is 10.5 Å². The molecule has 0 aliphatic carbocycles. The first-order valence-corrected chi connectivity index (χ1v) is 11.8. The van der Waals surface area contributed by atoms with E-state index in [9.17, 15) is 19.7 Å². The minimum Gasteiger partial charge on any atom is -0.268 e. The molecule has 6 nitrogen and oxygen atoms in total. The molecule has 0 spiro atoms. The van der Waals surface area contributed by atoms with Crippen LogP contribution >= 0.6 is 35.1 Å². The van der Waals surface area contributed by atoms with Crippen LogP contribution in [0.3, 0.4) is 0 Å². The fourth-order valence-electron chi connectivity index (χ4n) is 3.23. The predicted octanol–water partition coefficient (Wildman–Crippen LogP) is 6.94. The smallest absolute Gasteiger partial charge is 0.268 e. The molecule has 1 saturated heterocycles. The van der Waals surface area contributed by atoms with Crippen molar-refractivity contribution in [2.24, 2.45) is 0 Å². The van der Waals surface area contributed by atoms with Gasteiger partial charge in [-0.2, -0.15) is 0 Å². The first-order valence-electron chi connectivity index (χ1n) is 9.83. The fourth-order valence-corrected chi connectivity index (χ4v) is 5.09. The van der Waals surface area contributed by atoms with Crippen molar-refractivity contribution in [2.45, 2.75) is 23.3 Å². The summed E-state index contributed by atoms with van der Waals surface area (Å²) in [5, 5.41) is 11.9. The molecule has 1 heterocycles. The minimum atomic E-state index is -0.459. The van der Waals surface area contributed by atoms with Crippen LogP contribution in [-0.2, 0) is 11.3 Å². The number of hydrogen-bond acceptors (Lipinski definition) is 6. The molecule has 3 aromatic carbocycles. The van der Waals surface area contributed by atoms with E-state index in [4.69, 9.17) is 11.6 Å². The zero-order valence-electron chi connectivity index (χ0n) is 17.4. The standard InChI is InChI=1S/C24H17ClN2O4S2/c1-15-4-2-3-5-17(15)14-26-23(28)22(33-24(26)29)13-16-6-11-21(20(12-16)27(30)31)32-19-9-7-18(25)8-10-19/h2-13H,14H2,1H3/b22-13-. The summed E-state index contributed by atoms with van der Waals surface area (Å²) < 4.78 is 0. The van der Waals surface area contributed by atoms with Gasteiger partial charge in [-0.05, 0) is 71.8 Å². The van der Waals surface area contributed by atoms with Crippen molar-refractivity contribution in [1.29, 1.82) is 0 Å². The SMILES string of the molecule is Cc1ccccc1CN1C(=O)S/C(=C\c2ccc(Sc3ccc(Cl)cc3)c([N+](=O)[O-])c2)C1=O. The van der Waals surface area contributed by atoms with Gasteiger partial charge in [0.15, 0.2) is 0 Å². The number of rotatable bonds is 6. The Labute approximate surface area is 203 Å². The summed E-state index contributed by atoms with van der Waals surface area (Å²) in [5.41, 5.74) is 2.27. The van der Waals surface area contributed by atoms with Crippen LogP contribution in [0, 0.1) is 17.0 Å². The molecule has 33 heavy (non-hydrogen) atoms. The Hall–Kier alpha value is -3.07. The van der Waals surface area contributed by atoms with Gasteiger partial charge in [0.25, 0.3) is 16.8 Å². The third-order valence-corrected chi connectivity index (χ3v) is 7.21. The number of aryl methyl sites for hydroxylation is 1. The first-order chi connectivity index (χ1) is 15.8. The van der Waals surface area contributed by atoms with Gasteiger partial charge in [0.05, 0.1) is 21.3 Å². The topological polar surface area (TPSA) is 80.5 Å². The molecule has 0 bridgehead atoms. The summed E-state index contributed by atoms with van der Waals surface area (Å²) in [6.45, 7) is 2.11. The number of benzene rings is 3. The molecular formula is C24H17ClN2O4S2. The van der Waals surface area contributed by atoms with Crippen LogP contribution < -0.4 is 0 Å². The lowest BCUT2D eigenvalue weighted by molar-refractivity contribution is -0.387. The normalized spacial score (nSPS) is 14.8. The van der Waals surface area contributed by atoms with E-state index < -0.39 is 10.8 Å². The molecule has 0 saturated carbocycles. The lowest BCUT2D eigenvalue weighted by Gasteiger charge is -2.14. The second-order valence-electron chi connectivity index (χ2n) is 7.23. The summed E-state index contributed by atoms with van der Waals surface area (Å²) >= 11 is 7.99. The molecule has 166 valence electrons. The third-order valence-electron chi connectivity index (χ3n) is 4.98. The quantitative estimate of drug-likeness (QED) is 0.209. The summed E-state index contributed by atoms with van der Waals surface area (Å²) in [6, 6.07) is 19.3. The number of imide groups is 1. The monoisotopic (exact) mass is 496 g/mol. The number of thioether (sulfide) groups is 1. The van der Waals surface area contributed by atoms with E-state index in [1.807, 2.05) is 31.2 Å². The Balaban J connectivity index is 1.58. The maximum absolute atomic E-state index is 12.9. The number of nitro groups is 1. The van der Waals surface area contributed by atoms with Crippen LogP contribution in [0.5, 0.6) is 0 Å². The van der Waals surface area contributed by atoms with Gasteiger partial charge in [0.1, 0.15) is 0 Å². The summed E-state index contributed by atoms with van der Waals surface area (Å²) in [6.07, 6.45) is 1.52. The number of halogens is 1. The molecule has 3 aromatic rings. The van der Waals surface area contributed by atoms with Crippen molar-refractivity contribution in [2.75, 3.05) is 0 Å². The molecule has 0 aromatic heterocycles. The van der Waals surface area contributed by atoms with Crippen molar-refractivity contribution >= 4 is 58.0 Å². The molecular weight excluding hydrogens is 480 g/mol. The van der Waals surface area contributed by atoms with Crippen molar-refractivity contribution in [3.63, 3.8) is 0 Å². The van der Waals surface area contributed by atoms with Gasteiger partial charge in [-0.15, -0.1) is 0 Å². The lowest BCUT2D eigenvalue weighted by Crippen LogP contribution is -2.27. The maximum atomic E-state index is 12.9. The fraction of sp³-hybridized carbons (Fsp3) is 0.0833. The summed E-state index contributed by atoms with van der Waals surface area (Å²) in [5.74, 6) is -0.407. The van der Waals surface area contributed by atoms with Crippen LogP contribution in [-0.4, -0.2) is 21.0 Å². The van der Waals surface area contributed by atoms with Crippen molar-refractivity contribution in [3.05, 3.63) is 103 Å². The average molecular weight is 497 g/mol. The molecule has 9 heteroatoms. The highest BCUT2D eigenvalue weighted by Crippen LogP contribution is 2.38. The van der Waals surface area contributed by atoms with Gasteiger partial charge < -0.3 is 0 Å². The lowest BCUT2D eigenvalue weighted by atomic mass is 10.1. The molecule has 0 atom stereocenters. The van der Waals surface area contributed by atoms with E-state index in [0.717, 1.165) is 27.8 Å². The van der Waals surface area contributed by atoms with Gasteiger partial charge in [0, 0.05) is 16.0 Å². The van der Waals surface area contributed by atoms with Crippen LogP contribution in [0.2, 0.25) is 5.02 Å². The number of carbonyl (C=O) groups excluding carboxylic acids is 2. The second kappa shape index (κ2) is 9.82. The number of carbonyl (C=O) groups is 2. The predicted molar refractivity (Wildman–Crippen MR) is 131 cm³/mol. The Morgan fingerprint density at radius 1 is 1.09 bits per heavy atom. The van der Waals surface area contributed by atoms with Crippen molar-refractivity contribution < 1.29 is 14.5 Å². The van der Waals surface area contributed by atoms with E-state index in [2.05, 4.69) is 0 Å². The van der Waals surface area contributed by atoms with Gasteiger partial charge in [0.2, 0.25) is 0 Å². The Kier molecular flexibility index (Phi) is 6.88. The molecule has 4 rings (SSSR count). The zero-order valence-corrected chi connectivity index (χ0v) is 19.7. The molecule has 0 N–H and O–H groups in total. The van der Waals surface area contributed by atoms with E-state index in [1.54, 1.807) is 36.4 Å². The molecule has 1 aliphatic heterocycles. The van der Waals surface area contributed by atoms with Crippen LogP contribution in [0.15, 0.2) is 81.4 Å².